The van der Waals surface area contributed by atoms with Crippen molar-refractivity contribution >= 4 is 28.3 Å². The molecule has 0 bridgehead atoms. The van der Waals surface area contributed by atoms with Gasteiger partial charge < -0.3 is 15.6 Å². The zero-order valence-electron chi connectivity index (χ0n) is 11.1. The molecule has 100 valence electrons. The molecule has 0 aliphatic rings. The molecule has 2 amide bonds. The van der Waals surface area contributed by atoms with Crippen LogP contribution in [0, 0.1) is 6.92 Å². The Balaban J connectivity index is 1.74. The molecule has 3 rings (SSSR count). The Hall–Kier alpha value is -2.75. The van der Waals surface area contributed by atoms with Gasteiger partial charge in [-0.25, -0.2) is 4.79 Å². The van der Waals surface area contributed by atoms with Crippen LogP contribution in [-0.2, 0) is 0 Å². The number of aryl methyl sites for hydroxylation is 1. The van der Waals surface area contributed by atoms with Gasteiger partial charge in [0.25, 0.3) is 0 Å². The van der Waals surface area contributed by atoms with Crippen LogP contribution < -0.4 is 10.6 Å². The van der Waals surface area contributed by atoms with Crippen molar-refractivity contribution in [2.45, 2.75) is 6.92 Å². The van der Waals surface area contributed by atoms with Crippen LogP contribution in [0.15, 0.2) is 54.7 Å². The second-order valence-corrected chi connectivity index (χ2v) is 4.67. The van der Waals surface area contributed by atoms with Gasteiger partial charge in [-0.3, -0.25) is 0 Å². The number of urea groups is 1. The van der Waals surface area contributed by atoms with Gasteiger partial charge in [0.2, 0.25) is 0 Å². The minimum Gasteiger partial charge on any atom is -0.361 e. The highest BCUT2D eigenvalue weighted by molar-refractivity contribution is 6.01. The monoisotopic (exact) mass is 265 g/mol. The Morgan fingerprint density at radius 1 is 1.05 bits per heavy atom. The smallest absolute Gasteiger partial charge is 0.323 e. The highest BCUT2D eigenvalue weighted by Gasteiger charge is 2.05. The summed E-state index contributed by atoms with van der Waals surface area (Å²) < 4.78 is 0. The summed E-state index contributed by atoms with van der Waals surface area (Å²) in [4.78, 5) is 15.1. The van der Waals surface area contributed by atoms with E-state index in [0.717, 1.165) is 27.8 Å². The molecule has 0 spiro atoms. The Morgan fingerprint density at radius 2 is 1.90 bits per heavy atom. The van der Waals surface area contributed by atoms with Crippen LogP contribution in [0.2, 0.25) is 0 Å². The highest BCUT2D eigenvalue weighted by Crippen LogP contribution is 2.18. The van der Waals surface area contributed by atoms with Gasteiger partial charge in [0, 0.05) is 28.5 Å². The molecular weight excluding hydrogens is 250 g/mol. The van der Waals surface area contributed by atoms with E-state index in [0.29, 0.717) is 0 Å². The fourth-order valence-corrected chi connectivity index (χ4v) is 2.13. The molecule has 4 heteroatoms. The first-order chi connectivity index (χ1) is 9.72. The van der Waals surface area contributed by atoms with E-state index in [2.05, 4.69) is 15.6 Å². The van der Waals surface area contributed by atoms with Crippen molar-refractivity contribution in [2.75, 3.05) is 10.6 Å². The maximum atomic E-state index is 12.0. The number of para-hydroxylation sites is 1. The number of hydrogen-bond donors (Lipinski definition) is 3. The van der Waals surface area contributed by atoms with Crippen LogP contribution in [0.1, 0.15) is 5.56 Å². The van der Waals surface area contributed by atoms with Crippen LogP contribution in [0.5, 0.6) is 0 Å². The number of carbonyl (C=O) groups is 1. The number of carbonyl (C=O) groups excluding carboxylic acids is 1. The second kappa shape index (κ2) is 5.09. The van der Waals surface area contributed by atoms with E-state index in [1.165, 1.54) is 0 Å². The number of aromatic amines is 1. The van der Waals surface area contributed by atoms with Gasteiger partial charge in [0.15, 0.2) is 0 Å². The van der Waals surface area contributed by atoms with E-state index in [-0.39, 0.29) is 6.03 Å². The SMILES string of the molecule is Cc1ccccc1NC(=O)Nc1ccc2[nH]ccc2c1. The zero-order valence-corrected chi connectivity index (χ0v) is 11.1. The van der Waals surface area contributed by atoms with Gasteiger partial charge >= 0.3 is 6.03 Å². The Labute approximate surface area is 116 Å². The summed E-state index contributed by atoms with van der Waals surface area (Å²) in [7, 11) is 0. The Bertz CT molecular complexity index is 761. The third-order valence-electron chi connectivity index (χ3n) is 3.20. The summed E-state index contributed by atoms with van der Waals surface area (Å²) in [6.45, 7) is 1.96. The number of aromatic nitrogens is 1. The number of amides is 2. The number of hydrogen-bond acceptors (Lipinski definition) is 1. The van der Waals surface area contributed by atoms with E-state index < -0.39 is 0 Å². The molecule has 1 aromatic heterocycles. The van der Waals surface area contributed by atoms with Crippen molar-refractivity contribution in [2.24, 2.45) is 0 Å². The van der Waals surface area contributed by atoms with E-state index in [9.17, 15) is 4.79 Å². The number of rotatable bonds is 2. The first kappa shape index (κ1) is 12.3. The average Bonchev–Trinajstić information content (AvgIpc) is 2.89. The van der Waals surface area contributed by atoms with Gasteiger partial charge in [-0.1, -0.05) is 18.2 Å². The summed E-state index contributed by atoms with van der Waals surface area (Å²) in [5, 5.41) is 6.75. The summed E-state index contributed by atoms with van der Waals surface area (Å²) in [5.74, 6) is 0. The number of benzene rings is 2. The quantitative estimate of drug-likeness (QED) is 0.641. The summed E-state index contributed by atoms with van der Waals surface area (Å²) in [6.07, 6.45) is 1.88. The lowest BCUT2D eigenvalue weighted by atomic mass is 10.2. The number of fused-ring (bicyclic) bond motifs is 1. The fraction of sp³-hybridized carbons (Fsp3) is 0.0625. The van der Waals surface area contributed by atoms with Crippen LogP contribution in [0.25, 0.3) is 10.9 Å². The topological polar surface area (TPSA) is 56.9 Å². The molecule has 0 saturated heterocycles. The molecule has 0 aliphatic carbocycles. The minimum atomic E-state index is -0.241. The molecule has 0 radical (unpaired) electrons. The largest absolute Gasteiger partial charge is 0.361 e. The van der Waals surface area contributed by atoms with E-state index in [1.807, 2.05) is 61.7 Å². The van der Waals surface area contributed by atoms with Gasteiger partial charge in [-0.05, 0) is 42.8 Å². The maximum Gasteiger partial charge on any atom is 0.323 e. The first-order valence-electron chi connectivity index (χ1n) is 6.43. The average molecular weight is 265 g/mol. The van der Waals surface area contributed by atoms with Gasteiger partial charge in [-0.15, -0.1) is 0 Å². The summed E-state index contributed by atoms with van der Waals surface area (Å²) in [6, 6.07) is 15.2. The molecule has 0 aliphatic heterocycles. The summed E-state index contributed by atoms with van der Waals surface area (Å²) >= 11 is 0. The van der Waals surface area contributed by atoms with Gasteiger partial charge in [0.05, 0.1) is 0 Å². The standard InChI is InChI=1S/C16H15N3O/c1-11-4-2-3-5-14(11)19-16(20)18-13-6-7-15-12(10-13)8-9-17-15/h2-10,17H,1H3,(H2,18,19,20). The lowest BCUT2D eigenvalue weighted by molar-refractivity contribution is 0.262. The molecule has 3 aromatic rings. The number of H-pyrrole nitrogens is 1. The third-order valence-corrected chi connectivity index (χ3v) is 3.20. The van der Waals surface area contributed by atoms with Crippen molar-refractivity contribution in [3.8, 4) is 0 Å². The fourth-order valence-electron chi connectivity index (χ4n) is 2.13. The zero-order chi connectivity index (χ0) is 13.9. The summed E-state index contributed by atoms with van der Waals surface area (Å²) in [5.41, 5.74) is 3.66. The van der Waals surface area contributed by atoms with Crippen molar-refractivity contribution in [1.82, 2.24) is 4.98 Å². The normalized spacial score (nSPS) is 10.4. The van der Waals surface area contributed by atoms with E-state index >= 15 is 0 Å². The molecule has 0 unspecified atom stereocenters. The highest BCUT2D eigenvalue weighted by atomic mass is 16.2. The molecule has 4 nitrogen and oxygen atoms in total. The van der Waals surface area contributed by atoms with Gasteiger partial charge in [0.1, 0.15) is 0 Å². The molecule has 3 N–H and O–H groups in total. The Morgan fingerprint density at radius 3 is 2.75 bits per heavy atom. The number of anilines is 2. The van der Waals surface area contributed by atoms with Crippen LogP contribution in [-0.4, -0.2) is 11.0 Å². The number of nitrogens with one attached hydrogen (secondary N) is 3. The van der Waals surface area contributed by atoms with E-state index in [4.69, 9.17) is 0 Å². The molecule has 0 fully saturated rings. The van der Waals surface area contributed by atoms with Crippen LogP contribution >= 0.6 is 0 Å². The van der Waals surface area contributed by atoms with Crippen LogP contribution in [0.4, 0.5) is 16.2 Å². The molecule has 2 aromatic carbocycles. The predicted octanol–water partition coefficient (Wildman–Crippen LogP) is 4.12. The molecule has 1 heterocycles. The lowest BCUT2D eigenvalue weighted by Gasteiger charge is -2.09. The lowest BCUT2D eigenvalue weighted by Crippen LogP contribution is -2.19. The van der Waals surface area contributed by atoms with Crippen molar-refractivity contribution in [3.63, 3.8) is 0 Å². The molecular formula is C16H15N3O. The predicted molar refractivity (Wildman–Crippen MR) is 82.1 cm³/mol. The van der Waals surface area contributed by atoms with Gasteiger partial charge in [-0.2, -0.15) is 0 Å². The van der Waals surface area contributed by atoms with Crippen molar-refractivity contribution in [1.29, 1.82) is 0 Å². The van der Waals surface area contributed by atoms with Crippen molar-refractivity contribution in [3.05, 3.63) is 60.3 Å². The van der Waals surface area contributed by atoms with Crippen LogP contribution in [0.3, 0.4) is 0 Å². The first-order valence-corrected chi connectivity index (χ1v) is 6.43. The molecule has 0 atom stereocenters. The second-order valence-electron chi connectivity index (χ2n) is 4.67. The molecule has 0 saturated carbocycles. The van der Waals surface area contributed by atoms with Crippen molar-refractivity contribution < 1.29 is 4.79 Å². The molecule has 20 heavy (non-hydrogen) atoms. The maximum absolute atomic E-state index is 12.0. The minimum absolute atomic E-state index is 0.241. The van der Waals surface area contributed by atoms with E-state index in [1.54, 1.807) is 0 Å². The third kappa shape index (κ3) is 2.49. The Kier molecular flexibility index (Phi) is 3.13.